The zero-order valence-corrected chi connectivity index (χ0v) is 10.6. The lowest BCUT2D eigenvalue weighted by molar-refractivity contribution is 0.727. The second-order valence-corrected chi connectivity index (χ2v) is 4.64. The highest BCUT2D eigenvalue weighted by Crippen LogP contribution is 2.16. The van der Waals surface area contributed by atoms with E-state index in [0.717, 1.165) is 11.5 Å². The van der Waals surface area contributed by atoms with E-state index in [1.165, 1.54) is 10.9 Å². The molecule has 0 saturated carbocycles. The lowest BCUT2D eigenvalue weighted by atomic mass is 10.2. The topological polar surface area (TPSA) is 98.7 Å². The minimum Gasteiger partial charge on any atom is -0.313 e. The number of hydrogen-bond donors (Lipinski definition) is 2. The first kappa shape index (κ1) is 11.8. The zero-order valence-electron chi connectivity index (χ0n) is 9.78. The maximum Gasteiger partial charge on any atom is 0.261 e. The molecule has 7 nitrogen and oxygen atoms in total. The van der Waals surface area contributed by atoms with E-state index in [-0.39, 0.29) is 12.1 Å². The molecular formula is C11H10N6OS. The summed E-state index contributed by atoms with van der Waals surface area (Å²) in [4.78, 5) is 16.5. The van der Waals surface area contributed by atoms with Gasteiger partial charge in [0.2, 0.25) is 0 Å². The third-order valence-electron chi connectivity index (χ3n) is 2.74. The Morgan fingerprint density at radius 3 is 3.05 bits per heavy atom. The van der Waals surface area contributed by atoms with Gasteiger partial charge in [-0.25, -0.2) is 10.8 Å². The van der Waals surface area contributed by atoms with Crippen molar-refractivity contribution in [2.24, 2.45) is 5.84 Å². The molecule has 3 N–H and O–H groups in total. The van der Waals surface area contributed by atoms with Crippen molar-refractivity contribution >= 4 is 27.4 Å². The summed E-state index contributed by atoms with van der Waals surface area (Å²) in [6.07, 6.45) is 1.50. The summed E-state index contributed by atoms with van der Waals surface area (Å²) >= 11 is 1.15. The molecule has 0 fully saturated rings. The second-order valence-electron chi connectivity index (χ2n) is 3.89. The molecule has 0 aliphatic rings. The number of anilines is 1. The monoisotopic (exact) mass is 274 g/mol. The van der Waals surface area contributed by atoms with Gasteiger partial charge in [-0.05, 0) is 12.1 Å². The highest BCUT2D eigenvalue weighted by atomic mass is 32.1. The zero-order chi connectivity index (χ0) is 13.2. The summed E-state index contributed by atoms with van der Waals surface area (Å²) in [5, 5.41) is 5.16. The van der Waals surface area contributed by atoms with Crippen molar-refractivity contribution in [2.75, 3.05) is 5.43 Å². The average Bonchev–Trinajstić information content (AvgIpc) is 2.89. The summed E-state index contributed by atoms with van der Waals surface area (Å²) < 4.78 is 5.28. The molecule has 96 valence electrons. The lowest BCUT2D eigenvalue weighted by Crippen LogP contribution is -2.22. The van der Waals surface area contributed by atoms with Crippen LogP contribution in [0.15, 0.2) is 35.4 Å². The summed E-state index contributed by atoms with van der Waals surface area (Å²) in [6, 6.07) is 7.22. The molecule has 2 heterocycles. The fourth-order valence-electron chi connectivity index (χ4n) is 1.80. The number of nitrogens with two attached hydrogens (primary N) is 1. The standard InChI is InChI=1S/C11H10N6OS/c12-14-10-9(15-16-19-10)5-17-6-13-8-4-2-1-3-7(8)11(17)18/h1-4,6,14H,5,12H2. The van der Waals surface area contributed by atoms with E-state index < -0.39 is 0 Å². The lowest BCUT2D eigenvalue weighted by Gasteiger charge is -2.05. The Hall–Kier alpha value is -2.32. The average molecular weight is 274 g/mol. The first-order valence-electron chi connectivity index (χ1n) is 5.51. The van der Waals surface area contributed by atoms with Crippen LogP contribution in [0.1, 0.15) is 5.69 Å². The van der Waals surface area contributed by atoms with Crippen LogP contribution in [0.5, 0.6) is 0 Å². The van der Waals surface area contributed by atoms with Crippen molar-refractivity contribution in [1.82, 2.24) is 19.1 Å². The van der Waals surface area contributed by atoms with E-state index in [0.29, 0.717) is 21.6 Å². The number of nitrogens with one attached hydrogen (secondary N) is 1. The van der Waals surface area contributed by atoms with E-state index in [4.69, 9.17) is 5.84 Å². The van der Waals surface area contributed by atoms with Crippen molar-refractivity contribution in [3.63, 3.8) is 0 Å². The van der Waals surface area contributed by atoms with Crippen LogP contribution in [-0.2, 0) is 6.54 Å². The third kappa shape index (κ3) is 2.07. The van der Waals surface area contributed by atoms with Crippen LogP contribution in [0.2, 0.25) is 0 Å². The Morgan fingerprint density at radius 1 is 1.37 bits per heavy atom. The Bertz CT molecular complexity index is 780. The maximum atomic E-state index is 12.3. The molecule has 0 unspecified atom stereocenters. The molecule has 1 aromatic carbocycles. The summed E-state index contributed by atoms with van der Waals surface area (Å²) in [6.45, 7) is 0.284. The number of nitrogens with zero attached hydrogens (tertiary/aromatic N) is 4. The minimum atomic E-state index is -0.110. The predicted molar refractivity (Wildman–Crippen MR) is 72.8 cm³/mol. The second kappa shape index (κ2) is 4.75. The van der Waals surface area contributed by atoms with E-state index in [1.54, 1.807) is 12.1 Å². The van der Waals surface area contributed by atoms with Crippen LogP contribution < -0.4 is 16.8 Å². The van der Waals surface area contributed by atoms with Crippen LogP contribution >= 0.6 is 11.5 Å². The molecule has 0 spiro atoms. The summed E-state index contributed by atoms with van der Waals surface area (Å²) in [5.41, 5.74) is 3.70. The van der Waals surface area contributed by atoms with Crippen molar-refractivity contribution < 1.29 is 0 Å². The van der Waals surface area contributed by atoms with Crippen LogP contribution in [0.25, 0.3) is 10.9 Å². The van der Waals surface area contributed by atoms with Crippen molar-refractivity contribution in [3.8, 4) is 0 Å². The largest absolute Gasteiger partial charge is 0.313 e. The minimum absolute atomic E-state index is 0.110. The van der Waals surface area contributed by atoms with E-state index >= 15 is 0 Å². The summed E-state index contributed by atoms with van der Waals surface area (Å²) in [5.74, 6) is 5.35. The number of aromatic nitrogens is 4. The quantitative estimate of drug-likeness (QED) is 0.535. The predicted octanol–water partition coefficient (Wildman–Crippen LogP) is 0.582. The molecule has 0 saturated heterocycles. The van der Waals surface area contributed by atoms with Gasteiger partial charge in [-0.1, -0.05) is 16.6 Å². The first-order chi connectivity index (χ1) is 9.29. The maximum absolute atomic E-state index is 12.3. The van der Waals surface area contributed by atoms with Gasteiger partial charge in [0.1, 0.15) is 10.7 Å². The van der Waals surface area contributed by atoms with Crippen molar-refractivity contribution in [1.29, 1.82) is 0 Å². The molecule has 0 aliphatic carbocycles. The van der Waals surface area contributed by atoms with Gasteiger partial charge >= 0.3 is 0 Å². The fourth-order valence-corrected chi connectivity index (χ4v) is 2.29. The highest BCUT2D eigenvalue weighted by molar-refractivity contribution is 7.10. The van der Waals surface area contributed by atoms with E-state index in [2.05, 4.69) is 20.0 Å². The number of rotatable bonds is 3. The molecule has 0 aliphatic heterocycles. The van der Waals surface area contributed by atoms with Crippen molar-refractivity contribution in [2.45, 2.75) is 6.54 Å². The van der Waals surface area contributed by atoms with Crippen LogP contribution in [0, 0.1) is 0 Å². The van der Waals surface area contributed by atoms with Crippen LogP contribution in [0.3, 0.4) is 0 Å². The number of benzene rings is 1. The SMILES string of the molecule is NNc1snnc1Cn1cnc2ccccc2c1=O. The van der Waals surface area contributed by atoms with Gasteiger partial charge < -0.3 is 5.43 Å². The molecule has 3 aromatic rings. The Morgan fingerprint density at radius 2 is 2.21 bits per heavy atom. The third-order valence-corrected chi connectivity index (χ3v) is 3.44. The van der Waals surface area contributed by atoms with Gasteiger partial charge in [0.15, 0.2) is 0 Å². The normalized spacial score (nSPS) is 10.8. The highest BCUT2D eigenvalue weighted by Gasteiger charge is 2.10. The molecule has 0 bridgehead atoms. The Kier molecular flexibility index (Phi) is 2.94. The number of nitrogen functional groups attached to an aromatic ring is 1. The number of hydrogen-bond acceptors (Lipinski definition) is 7. The number of fused-ring (bicyclic) bond motifs is 1. The van der Waals surface area contributed by atoms with Gasteiger partial charge in [-0.2, -0.15) is 0 Å². The molecule has 19 heavy (non-hydrogen) atoms. The fraction of sp³-hybridized carbons (Fsp3) is 0.0909. The smallest absolute Gasteiger partial charge is 0.261 e. The molecular weight excluding hydrogens is 264 g/mol. The van der Waals surface area contributed by atoms with E-state index in [1.807, 2.05) is 12.1 Å². The molecule has 0 radical (unpaired) electrons. The van der Waals surface area contributed by atoms with Gasteiger partial charge in [0.05, 0.1) is 23.8 Å². The van der Waals surface area contributed by atoms with Crippen LogP contribution in [0.4, 0.5) is 5.00 Å². The molecule has 0 atom stereocenters. The summed E-state index contributed by atoms with van der Waals surface area (Å²) in [7, 11) is 0. The first-order valence-corrected chi connectivity index (χ1v) is 6.29. The molecule has 0 amide bonds. The Balaban J connectivity index is 2.07. The number of hydrazine groups is 1. The van der Waals surface area contributed by atoms with E-state index in [9.17, 15) is 4.79 Å². The number of para-hydroxylation sites is 1. The van der Waals surface area contributed by atoms with Gasteiger partial charge in [-0.15, -0.1) is 5.10 Å². The van der Waals surface area contributed by atoms with Gasteiger partial charge in [-0.3, -0.25) is 9.36 Å². The van der Waals surface area contributed by atoms with Gasteiger partial charge in [0.25, 0.3) is 5.56 Å². The Labute approximate surface area is 111 Å². The molecule has 3 rings (SSSR count). The van der Waals surface area contributed by atoms with Crippen LogP contribution in [-0.4, -0.2) is 19.1 Å². The van der Waals surface area contributed by atoms with Crippen molar-refractivity contribution in [3.05, 3.63) is 46.6 Å². The molecule has 2 aromatic heterocycles. The molecule has 8 heteroatoms. The van der Waals surface area contributed by atoms with Gasteiger partial charge in [0, 0.05) is 11.5 Å².